The lowest BCUT2D eigenvalue weighted by Gasteiger charge is -2.15. The van der Waals surface area contributed by atoms with Crippen LogP contribution in [0.5, 0.6) is 5.75 Å². The monoisotopic (exact) mass is 535 g/mol. The molecule has 0 spiro atoms. The van der Waals surface area contributed by atoms with Crippen molar-refractivity contribution in [1.29, 1.82) is 0 Å². The molecule has 1 aromatic carbocycles. The topological polar surface area (TPSA) is 122 Å². The number of alkyl halides is 3. The number of halogens is 3. The van der Waals surface area contributed by atoms with E-state index in [1.54, 1.807) is 69.0 Å². The number of hydrazone groups is 2. The van der Waals surface area contributed by atoms with E-state index >= 15 is 0 Å². The molecule has 0 amide bonds. The third-order valence-electron chi connectivity index (χ3n) is 5.37. The summed E-state index contributed by atoms with van der Waals surface area (Å²) in [5, 5.41) is 11.5. The molecule has 13 heteroatoms. The van der Waals surface area contributed by atoms with Crippen molar-refractivity contribution in [2.75, 3.05) is 23.3 Å². The van der Waals surface area contributed by atoms with Gasteiger partial charge in [-0.3, -0.25) is 20.8 Å². The van der Waals surface area contributed by atoms with Crippen LogP contribution in [0.1, 0.15) is 30.5 Å². The van der Waals surface area contributed by atoms with Gasteiger partial charge in [-0.25, -0.2) is 0 Å². The van der Waals surface area contributed by atoms with Crippen molar-refractivity contribution in [3.63, 3.8) is 0 Å². The van der Waals surface area contributed by atoms with Gasteiger partial charge >= 0.3 is 6.18 Å². The van der Waals surface area contributed by atoms with Gasteiger partial charge in [0.2, 0.25) is 5.95 Å². The zero-order valence-electron chi connectivity index (χ0n) is 21.2. The molecule has 4 aromatic rings. The fraction of sp³-hybridized carbons (Fsp3) is 0.154. The summed E-state index contributed by atoms with van der Waals surface area (Å²) in [4.78, 5) is 16.7. The Morgan fingerprint density at radius 1 is 0.769 bits per heavy atom. The van der Waals surface area contributed by atoms with Crippen LogP contribution in [-0.2, 0) is 6.18 Å². The second kappa shape index (κ2) is 12.0. The first kappa shape index (κ1) is 27.0. The Kier molecular flexibility index (Phi) is 8.29. The van der Waals surface area contributed by atoms with Crippen molar-refractivity contribution in [2.24, 2.45) is 10.2 Å². The second-order valence-electron chi connectivity index (χ2n) is 8.09. The fourth-order valence-electron chi connectivity index (χ4n) is 3.32. The quantitative estimate of drug-likeness (QED) is 0.184. The van der Waals surface area contributed by atoms with E-state index in [9.17, 15) is 13.2 Å². The molecule has 3 N–H and O–H groups in total. The van der Waals surface area contributed by atoms with Gasteiger partial charge in [-0.05, 0) is 56.3 Å². The Morgan fingerprint density at radius 3 is 1.74 bits per heavy atom. The van der Waals surface area contributed by atoms with Crippen molar-refractivity contribution in [1.82, 2.24) is 19.9 Å². The molecule has 10 nitrogen and oxygen atoms in total. The van der Waals surface area contributed by atoms with Crippen LogP contribution in [0.15, 0.2) is 83.5 Å². The Hall–Kier alpha value is -5.07. The van der Waals surface area contributed by atoms with Crippen LogP contribution < -0.4 is 20.9 Å². The van der Waals surface area contributed by atoms with E-state index in [4.69, 9.17) is 4.74 Å². The maximum Gasteiger partial charge on any atom is 0.416 e. The number of nitrogens with one attached hydrogen (secondary N) is 3. The van der Waals surface area contributed by atoms with Gasteiger partial charge < -0.3 is 10.1 Å². The van der Waals surface area contributed by atoms with Crippen LogP contribution in [0.3, 0.4) is 0 Å². The van der Waals surface area contributed by atoms with E-state index in [-0.39, 0.29) is 29.0 Å². The molecule has 0 saturated carbocycles. The predicted molar refractivity (Wildman–Crippen MR) is 143 cm³/mol. The summed E-state index contributed by atoms with van der Waals surface area (Å²) in [5.41, 5.74) is 7.90. The second-order valence-corrected chi connectivity index (χ2v) is 8.09. The molecule has 4 rings (SSSR count). The minimum Gasteiger partial charge on any atom is -0.495 e. The van der Waals surface area contributed by atoms with Gasteiger partial charge in [-0.1, -0.05) is 0 Å². The van der Waals surface area contributed by atoms with Crippen molar-refractivity contribution in [3.8, 4) is 5.75 Å². The van der Waals surface area contributed by atoms with Gasteiger partial charge in [0.25, 0.3) is 0 Å². The summed E-state index contributed by atoms with van der Waals surface area (Å²) in [6.07, 6.45) is 2.05. The number of aromatic nitrogens is 4. The van der Waals surface area contributed by atoms with Crippen molar-refractivity contribution in [2.45, 2.75) is 20.0 Å². The van der Waals surface area contributed by atoms with Gasteiger partial charge in [0.1, 0.15) is 5.75 Å². The molecule has 200 valence electrons. The molecule has 0 bridgehead atoms. The minimum atomic E-state index is -4.54. The van der Waals surface area contributed by atoms with E-state index in [1.807, 2.05) is 0 Å². The number of pyridine rings is 2. The van der Waals surface area contributed by atoms with Gasteiger partial charge in [-0.2, -0.15) is 33.3 Å². The smallest absolute Gasteiger partial charge is 0.416 e. The highest BCUT2D eigenvalue weighted by Crippen LogP contribution is 2.36. The van der Waals surface area contributed by atoms with Crippen molar-refractivity contribution < 1.29 is 17.9 Å². The van der Waals surface area contributed by atoms with Crippen LogP contribution in [0.25, 0.3) is 0 Å². The zero-order chi connectivity index (χ0) is 27.8. The Bertz CT molecular complexity index is 1400. The number of benzene rings is 1. The highest BCUT2D eigenvalue weighted by atomic mass is 19.4. The number of hydrogen-bond acceptors (Lipinski definition) is 10. The van der Waals surface area contributed by atoms with Gasteiger partial charge in [0.05, 0.1) is 29.8 Å². The van der Waals surface area contributed by atoms with Gasteiger partial charge in [-0.15, -0.1) is 0 Å². The number of hydrogen-bond donors (Lipinski definition) is 3. The zero-order valence-corrected chi connectivity index (χ0v) is 21.2. The van der Waals surface area contributed by atoms with Gasteiger partial charge in [0.15, 0.2) is 11.6 Å². The van der Waals surface area contributed by atoms with Crippen LogP contribution in [0, 0.1) is 0 Å². The molecule has 0 atom stereocenters. The van der Waals surface area contributed by atoms with Crippen LogP contribution in [0.4, 0.5) is 36.4 Å². The van der Waals surface area contributed by atoms with E-state index in [0.29, 0.717) is 11.4 Å². The number of anilines is 4. The maximum atomic E-state index is 13.3. The molecule has 3 heterocycles. The largest absolute Gasteiger partial charge is 0.495 e. The minimum absolute atomic E-state index is 0.0198. The van der Waals surface area contributed by atoms with Crippen LogP contribution in [-0.4, -0.2) is 38.5 Å². The fourth-order valence-corrected chi connectivity index (χ4v) is 3.32. The number of rotatable bonds is 9. The molecule has 0 aliphatic rings. The molecule has 0 saturated heterocycles. The average molecular weight is 536 g/mol. The number of nitrogens with zero attached hydrogens (tertiary/aromatic N) is 6. The lowest BCUT2D eigenvalue weighted by Crippen LogP contribution is -2.09. The Morgan fingerprint density at radius 2 is 1.28 bits per heavy atom. The summed E-state index contributed by atoms with van der Waals surface area (Å²) in [5.74, 6) is 0.670. The molecular weight excluding hydrogens is 511 g/mol. The SMILES string of the molecule is COc1ccc(C(F)(F)F)cc1Nc1nc(NN=C(C)c2ccncc2)cc(NN=C(C)c2ccncc2)n1. The van der Waals surface area contributed by atoms with Crippen LogP contribution >= 0.6 is 0 Å². The summed E-state index contributed by atoms with van der Waals surface area (Å²) in [6.45, 7) is 3.61. The number of methoxy groups -OCH3 is 1. The molecule has 39 heavy (non-hydrogen) atoms. The summed E-state index contributed by atoms with van der Waals surface area (Å²) >= 11 is 0. The standard InChI is InChI=1S/C26H24F3N9O/c1-16(18-6-10-30-11-7-18)35-37-23-15-24(38-36-17(2)19-8-12-31-13-9-19)34-25(33-23)32-21-14-20(26(27,28)29)4-5-22(21)39-3/h4-15H,1-3H3,(H3,32,33,34,37,38). The number of ether oxygens (including phenoxy) is 1. The molecule has 3 aromatic heterocycles. The molecule has 0 fully saturated rings. The molecule has 0 unspecified atom stereocenters. The third-order valence-corrected chi connectivity index (χ3v) is 5.37. The normalized spacial score (nSPS) is 12.2. The Balaban J connectivity index is 1.67. The highest BCUT2D eigenvalue weighted by molar-refractivity contribution is 5.99. The Labute approximate surface area is 222 Å². The summed E-state index contributed by atoms with van der Waals surface area (Å²) in [6, 6.07) is 11.8. The maximum absolute atomic E-state index is 13.3. The first-order chi connectivity index (χ1) is 18.7. The highest BCUT2D eigenvalue weighted by Gasteiger charge is 2.31. The lowest BCUT2D eigenvalue weighted by molar-refractivity contribution is -0.137. The van der Waals surface area contributed by atoms with E-state index in [2.05, 4.69) is 46.3 Å². The predicted octanol–water partition coefficient (Wildman–Crippen LogP) is 5.71. The third kappa shape index (κ3) is 7.25. The first-order valence-electron chi connectivity index (χ1n) is 11.6. The van der Waals surface area contributed by atoms with E-state index in [1.165, 1.54) is 13.2 Å². The molecule has 0 radical (unpaired) electrons. The lowest BCUT2D eigenvalue weighted by atomic mass is 10.2. The van der Waals surface area contributed by atoms with E-state index in [0.717, 1.165) is 23.3 Å². The summed E-state index contributed by atoms with van der Waals surface area (Å²) < 4.78 is 45.3. The first-order valence-corrected chi connectivity index (χ1v) is 11.6. The molecule has 0 aliphatic carbocycles. The summed E-state index contributed by atoms with van der Waals surface area (Å²) in [7, 11) is 1.35. The molecule has 0 aliphatic heterocycles. The van der Waals surface area contributed by atoms with E-state index < -0.39 is 11.7 Å². The van der Waals surface area contributed by atoms with Gasteiger partial charge in [0, 0.05) is 42.0 Å². The molecular formula is C26H24F3N9O. The van der Waals surface area contributed by atoms with Crippen LogP contribution in [0.2, 0.25) is 0 Å². The average Bonchev–Trinajstić information content (AvgIpc) is 2.95. The van der Waals surface area contributed by atoms with Crippen molar-refractivity contribution in [3.05, 3.63) is 90.0 Å². The van der Waals surface area contributed by atoms with Crippen molar-refractivity contribution >= 4 is 34.7 Å².